The fourth-order valence-corrected chi connectivity index (χ4v) is 2.71. The summed E-state index contributed by atoms with van der Waals surface area (Å²) < 4.78 is 10.8. The second-order valence-corrected chi connectivity index (χ2v) is 5.94. The molecule has 5 heteroatoms. The van der Waals surface area contributed by atoms with Crippen LogP contribution < -0.4 is 4.74 Å². The van der Waals surface area contributed by atoms with Crippen LogP contribution in [0.2, 0.25) is 0 Å². The second-order valence-electron chi connectivity index (χ2n) is 5.94. The van der Waals surface area contributed by atoms with Gasteiger partial charge in [0.05, 0.1) is 17.7 Å². The number of aromatic hydroxyl groups is 1. The number of ether oxygens (including phenoxy) is 2. The summed E-state index contributed by atoms with van der Waals surface area (Å²) in [5.41, 5.74) is 2.28. The molecule has 0 saturated carbocycles. The Balaban J connectivity index is 2.21. The minimum Gasteiger partial charge on any atom is -0.507 e. The number of hydrogen-bond donors (Lipinski definition) is 1. The van der Waals surface area contributed by atoms with E-state index >= 15 is 0 Å². The van der Waals surface area contributed by atoms with Crippen molar-refractivity contribution in [3.63, 3.8) is 0 Å². The summed E-state index contributed by atoms with van der Waals surface area (Å²) in [5.74, 6) is -0.00334. The van der Waals surface area contributed by atoms with Gasteiger partial charge in [0.2, 0.25) is 0 Å². The Morgan fingerprint density at radius 3 is 2.54 bits per heavy atom. The van der Waals surface area contributed by atoms with Gasteiger partial charge in [0.25, 0.3) is 0 Å². The predicted octanol–water partition coefficient (Wildman–Crippen LogP) is 4.30. The Morgan fingerprint density at radius 2 is 1.88 bits per heavy atom. The fraction of sp³-hybridized carbons (Fsp3) is 0.333. The minimum atomic E-state index is -0.395. The molecular formula is C21H24O5. The molecule has 0 saturated heterocycles. The standard InChI is InChI=1S/C21H24O5/c1-4-7-19-16(10-11-18(14(3)22)20(19)23)13-26-17-9-6-8-15(12-17)21(24)25-5-2/h6,8-12,23H,4-5,7,13H2,1-3H3. The maximum Gasteiger partial charge on any atom is 0.338 e. The third kappa shape index (κ3) is 4.63. The number of hydrogen-bond acceptors (Lipinski definition) is 5. The van der Waals surface area contributed by atoms with Crippen LogP contribution in [0.5, 0.6) is 11.5 Å². The lowest BCUT2D eigenvalue weighted by Crippen LogP contribution is -2.06. The van der Waals surface area contributed by atoms with Crippen LogP contribution >= 0.6 is 0 Å². The van der Waals surface area contributed by atoms with Crippen LogP contribution in [-0.2, 0) is 17.8 Å². The zero-order valence-electron chi connectivity index (χ0n) is 15.4. The maximum atomic E-state index is 11.8. The molecule has 2 aromatic rings. The lowest BCUT2D eigenvalue weighted by atomic mass is 9.97. The fourth-order valence-electron chi connectivity index (χ4n) is 2.71. The van der Waals surface area contributed by atoms with Crippen molar-refractivity contribution in [1.29, 1.82) is 0 Å². The molecule has 26 heavy (non-hydrogen) atoms. The SMILES string of the molecule is CCCc1c(COc2cccc(C(=O)OCC)c2)ccc(C(C)=O)c1O. The third-order valence-corrected chi connectivity index (χ3v) is 4.00. The van der Waals surface area contributed by atoms with E-state index < -0.39 is 5.97 Å². The second kappa shape index (κ2) is 9.04. The van der Waals surface area contributed by atoms with Crippen LogP contribution in [0.3, 0.4) is 0 Å². The van der Waals surface area contributed by atoms with Gasteiger partial charge in [-0.25, -0.2) is 4.79 Å². The molecule has 138 valence electrons. The van der Waals surface area contributed by atoms with Crippen LogP contribution in [0.1, 0.15) is 59.0 Å². The number of phenols is 1. The van der Waals surface area contributed by atoms with Crippen LogP contribution in [0, 0.1) is 0 Å². The number of rotatable bonds is 8. The molecule has 5 nitrogen and oxygen atoms in total. The summed E-state index contributed by atoms with van der Waals surface area (Å²) in [6, 6.07) is 10.2. The van der Waals surface area contributed by atoms with E-state index in [1.165, 1.54) is 6.92 Å². The first-order chi connectivity index (χ1) is 12.5. The van der Waals surface area contributed by atoms with Gasteiger partial charge in [-0.2, -0.15) is 0 Å². The number of phenolic OH excluding ortho intramolecular Hbond substituents is 1. The van der Waals surface area contributed by atoms with Gasteiger partial charge in [0.15, 0.2) is 5.78 Å². The van der Waals surface area contributed by atoms with E-state index in [0.717, 1.165) is 17.5 Å². The molecule has 2 aromatic carbocycles. The van der Waals surface area contributed by atoms with Gasteiger partial charge in [0.1, 0.15) is 18.1 Å². The number of esters is 1. The van der Waals surface area contributed by atoms with Crippen molar-refractivity contribution >= 4 is 11.8 Å². The quantitative estimate of drug-likeness (QED) is 0.564. The summed E-state index contributed by atoms with van der Waals surface area (Å²) in [6.07, 6.45) is 1.48. The molecule has 0 spiro atoms. The first kappa shape index (κ1) is 19.5. The van der Waals surface area contributed by atoms with E-state index in [0.29, 0.717) is 29.9 Å². The molecule has 0 bridgehead atoms. The Bertz CT molecular complexity index is 795. The van der Waals surface area contributed by atoms with Crippen LogP contribution in [0.15, 0.2) is 36.4 Å². The average Bonchev–Trinajstić information content (AvgIpc) is 2.62. The smallest absolute Gasteiger partial charge is 0.338 e. The van der Waals surface area contributed by atoms with Crippen molar-refractivity contribution in [3.05, 3.63) is 58.7 Å². The van der Waals surface area contributed by atoms with Gasteiger partial charge in [-0.3, -0.25) is 4.79 Å². The summed E-state index contributed by atoms with van der Waals surface area (Å²) in [5, 5.41) is 10.4. The van der Waals surface area contributed by atoms with Gasteiger partial charge in [-0.05, 0) is 50.1 Å². The highest BCUT2D eigenvalue weighted by Gasteiger charge is 2.15. The maximum absolute atomic E-state index is 11.8. The largest absolute Gasteiger partial charge is 0.507 e. The topological polar surface area (TPSA) is 72.8 Å². The van der Waals surface area contributed by atoms with Crippen molar-refractivity contribution < 1.29 is 24.2 Å². The van der Waals surface area contributed by atoms with E-state index in [4.69, 9.17) is 9.47 Å². The highest BCUT2D eigenvalue weighted by molar-refractivity contribution is 5.97. The first-order valence-corrected chi connectivity index (χ1v) is 8.72. The van der Waals surface area contributed by atoms with E-state index in [1.807, 2.05) is 6.92 Å². The molecule has 0 heterocycles. The van der Waals surface area contributed by atoms with Gasteiger partial charge >= 0.3 is 5.97 Å². The molecule has 0 radical (unpaired) electrons. The molecule has 2 rings (SSSR count). The number of carbonyl (C=O) groups is 2. The van der Waals surface area contributed by atoms with E-state index in [-0.39, 0.29) is 18.1 Å². The lowest BCUT2D eigenvalue weighted by Gasteiger charge is -2.14. The zero-order valence-corrected chi connectivity index (χ0v) is 15.4. The molecule has 0 aliphatic heterocycles. The molecular weight excluding hydrogens is 332 g/mol. The van der Waals surface area contributed by atoms with E-state index in [2.05, 4.69) is 0 Å². The summed E-state index contributed by atoms with van der Waals surface area (Å²) in [4.78, 5) is 23.4. The predicted molar refractivity (Wildman–Crippen MR) is 98.8 cm³/mol. The van der Waals surface area contributed by atoms with Crippen LogP contribution in [0.4, 0.5) is 0 Å². The Hall–Kier alpha value is -2.82. The van der Waals surface area contributed by atoms with Crippen molar-refractivity contribution in [2.45, 2.75) is 40.2 Å². The lowest BCUT2D eigenvalue weighted by molar-refractivity contribution is 0.0525. The zero-order chi connectivity index (χ0) is 19.1. The molecule has 0 amide bonds. The van der Waals surface area contributed by atoms with Crippen molar-refractivity contribution in [1.82, 2.24) is 0 Å². The van der Waals surface area contributed by atoms with E-state index in [1.54, 1.807) is 43.3 Å². The minimum absolute atomic E-state index is 0.0284. The summed E-state index contributed by atoms with van der Waals surface area (Å²) in [6.45, 7) is 5.74. The average molecular weight is 356 g/mol. The van der Waals surface area contributed by atoms with Crippen LogP contribution in [-0.4, -0.2) is 23.5 Å². The Morgan fingerprint density at radius 1 is 1.12 bits per heavy atom. The van der Waals surface area contributed by atoms with Gasteiger partial charge in [-0.1, -0.05) is 25.5 Å². The number of Topliss-reactive ketones (excluding diaryl/α,β-unsaturated/α-hetero) is 1. The van der Waals surface area contributed by atoms with Crippen molar-refractivity contribution in [3.8, 4) is 11.5 Å². The third-order valence-electron chi connectivity index (χ3n) is 4.00. The molecule has 0 aliphatic rings. The van der Waals surface area contributed by atoms with Gasteiger partial charge in [0, 0.05) is 5.56 Å². The molecule has 0 atom stereocenters. The van der Waals surface area contributed by atoms with Crippen molar-refractivity contribution in [2.24, 2.45) is 0 Å². The first-order valence-electron chi connectivity index (χ1n) is 8.72. The Kier molecular flexibility index (Phi) is 6.78. The summed E-state index contributed by atoms with van der Waals surface area (Å²) in [7, 11) is 0. The van der Waals surface area contributed by atoms with Crippen molar-refractivity contribution in [2.75, 3.05) is 6.61 Å². The Labute approximate surface area is 153 Å². The number of carbonyl (C=O) groups excluding carboxylic acids is 2. The molecule has 0 unspecified atom stereocenters. The van der Waals surface area contributed by atoms with Gasteiger partial charge < -0.3 is 14.6 Å². The monoisotopic (exact) mass is 356 g/mol. The van der Waals surface area contributed by atoms with Crippen LogP contribution in [0.25, 0.3) is 0 Å². The highest BCUT2D eigenvalue weighted by Crippen LogP contribution is 2.29. The number of benzene rings is 2. The summed E-state index contributed by atoms with van der Waals surface area (Å²) >= 11 is 0. The molecule has 1 N–H and O–H groups in total. The normalized spacial score (nSPS) is 10.4. The highest BCUT2D eigenvalue weighted by atomic mass is 16.5. The number of ketones is 1. The molecule has 0 aliphatic carbocycles. The van der Waals surface area contributed by atoms with Gasteiger partial charge in [-0.15, -0.1) is 0 Å². The molecule has 0 fully saturated rings. The molecule has 0 aromatic heterocycles. The van der Waals surface area contributed by atoms with E-state index in [9.17, 15) is 14.7 Å².